The lowest BCUT2D eigenvalue weighted by atomic mass is 9.95. The topological polar surface area (TPSA) is 95.2 Å². The van der Waals surface area contributed by atoms with Crippen molar-refractivity contribution in [2.24, 2.45) is 0 Å². The van der Waals surface area contributed by atoms with E-state index in [2.05, 4.69) is 15.3 Å². The lowest BCUT2D eigenvalue weighted by Crippen LogP contribution is -2.39. The number of carbonyl (C=O) groups excluding carboxylic acids is 2. The number of fused-ring (bicyclic) bond motifs is 1. The fourth-order valence-electron chi connectivity index (χ4n) is 3.53. The molecule has 1 aliphatic heterocycles. The van der Waals surface area contributed by atoms with Crippen molar-refractivity contribution >= 4 is 23.2 Å². The summed E-state index contributed by atoms with van der Waals surface area (Å²) in [6.45, 7) is 2.53. The van der Waals surface area contributed by atoms with Crippen LogP contribution in [0.5, 0.6) is 0 Å². The first-order valence-electron chi connectivity index (χ1n) is 9.38. The van der Waals surface area contributed by atoms with Gasteiger partial charge in [0.25, 0.3) is 17.4 Å². The van der Waals surface area contributed by atoms with Crippen molar-refractivity contribution < 1.29 is 14.0 Å². The van der Waals surface area contributed by atoms with Gasteiger partial charge in [-0.15, -0.1) is 11.3 Å². The van der Waals surface area contributed by atoms with E-state index in [9.17, 15) is 18.8 Å². The van der Waals surface area contributed by atoms with E-state index in [4.69, 9.17) is 0 Å². The van der Waals surface area contributed by atoms with Gasteiger partial charge in [-0.05, 0) is 48.2 Å². The lowest BCUT2D eigenvalue weighted by molar-refractivity contribution is 0.0734. The Morgan fingerprint density at radius 3 is 2.93 bits per heavy atom. The number of hydrogen-bond acceptors (Lipinski definition) is 5. The second-order valence-electron chi connectivity index (χ2n) is 7.09. The first kappa shape index (κ1) is 20.0. The summed E-state index contributed by atoms with van der Waals surface area (Å²) in [5.41, 5.74) is 3.49. The summed E-state index contributed by atoms with van der Waals surface area (Å²) in [7, 11) is 0. The molecule has 1 aliphatic rings. The molecule has 3 heterocycles. The molecule has 0 spiro atoms. The smallest absolute Gasteiger partial charge is 0.261 e. The molecule has 7 nitrogen and oxygen atoms in total. The number of carbonyl (C=O) groups is 2. The third kappa shape index (κ3) is 3.88. The number of nitrogens with one attached hydrogen (secondary N) is 2. The van der Waals surface area contributed by atoms with E-state index >= 15 is 0 Å². The van der Waals surface area contributed by atoms with E-state index in [1.165, 1.54) is 29.5 Å². The Kier molecular flexibility index (Phi) is 5.45. The standard InChI is InChI=1S/C21H19FN4O3S/c1-12-6-13(2-3-17(12)22)21(29)26-5-4-16-14(10-26)7-24-19(27)18(16)20(28)25-9-15-8-23-11-30-15/h2-3,6-8,11H,4-5,9-10H2,1H3,(H,24,27)(H,25,28). The molecule has 4 rings (SSSR count). The molecule has 2 N–H and O–H groups in total. The fraction of sp³-hybridized carbons (Fsp3) is 0.238. The molecule has 0 bridgehead atoms. The van der Waals surface area contributed by atoms with Crippen LogP contribution in [0.1, 0.15) is 42.3 Å². The summed E-state index contributed by atoms with van der Waals surface area (Å²) < 4.78 is 13.5. The van der Waals surface area contributed by atoms with Gasteiger partial charge < -0.3 is 15.2 Å². The highest BCUT2D eigenvalue weighted by molar-refractivity contribution is 7.09. The quantitative estimate of drug-likeness (QED) is 0.670. The first-order chi connectivity index (χ1) is 14.4. The first-order valence-corrected chi connectivity index (χ1v) is 10.3. The van der Waals surface area contributed by atoms with E-state index < -0.39 is 11.5 Å². The number of halogens is 1. The highest BCUT2D eigenvalue weighted by Gasteiger charge is 2.27. The second-order valence-corrected chi connectivity index (χ2v) is 8.06. The van der Waals surface area contributed by atoms with Crippen molar-refractivity contribution in [1.82, 2.24) is 20.2 Å². The predicted octanol–water partition coefficient (Wildman–Crippen LogP) is 2.41. The van der Waals surface area contributed by atoms with E-state index in [1.54, 1.807) is 29.7 Å². The predicted molar refractivity (Wildman–Crippen MR) is 110 cm³/mol. The third-order valence-corrected chi connectivity index (χ3v) is 5.89. The number of thiazole rings is 1. The zero-order valence-electron chi connectivity index (χ0n) is 16.2. The van der Waals surface area contributed by atoms with Crippen molar-refractivity contribution in [3.05, 3.63) is 85.0 Å². The number of benzene rings is 1. The maximum Gasteiger partial charge on any atom is 0.261 e. The van der Waals surface area contributed by atoms with Crippen LogP contribution in [0.15, 0.2) is 40.9 Å². The van der Waals surface area contributed by atoms with Crippen LogP contribution in [0.25, 0.3) is 0 Å². The van der Waals surface area contributed by atoms with Crippen LogP contribution >= 0.6 is 11.3 Å². The minimum atomic E-state index is -0.454. The Bertz CT molecular complexity index is 1170. The van der Waals surface area contributed by atoms with Crippen LogP contribution < -0.4 is 10.9 Å². The average molecular weight is 426 g/mol. The summed E-state index contributed by atoms with van der Waals surface area (Å²) in [5, 5.41) is 2.76. The van der Waals surface area contributed by atoms with Crippen molar-refractivity contribution in [3.8, 4) is 0 Å². The molecule has 9 heteroatoms. The van der Waals surface area contributed by atoms with Gasteiger partial charge in [0.05, 0.1) is 12.1 Å². The Balaban J connectivity index is 1.55. The number of amides is 2. The summed E-state index contributed by atoms with van der Waals surface area (Å²) in [5.74, 6) is -1.02. The monoisotopic (exact) mass is 426 g/mol. The molecule has 0 aliphatic carbocycles. The lowest BCUT2D eigenvalue weighted by Gasteiger charge is -2.29. The van der Waals surface area contributed by atoms with Crippen molar-refractivity contribution in [3.63, 3.8) is 0 Å². The van der Waals surface area contributed by atoms with Crippen LogP contribution in [-0.2, 0) is 19.5 Å². The minimum Gasteiger partial charge on any atom is -0.347 e. The van der Waals surface area contributed by atoms with E-state index in [0.29, 0.717) is 36.2 Å². The maximum absolute atomic E-state index is 13.5. The molecule has 1 aromatic carbocycles. The van der Waals surface area contributed by atoms with Gasteiger partial charge in [0.1, 0.15) is 11.4 Å². The molecule has 30 heavy (non-hydrogen) atoms. The zero-order valence-corrected chi connectivity index (χ0v) is 17.0. The van der Waals surface area contributed by atoms with Gasteiger partial charge in [-0.3, -0.25) is 19.4 Å². The zero-order chi connectivity index (χ0) is 21.3. The molecular formula is C21H19FN4O3S. The third-order valence-electron chi connectivity index (χ3n) is 5.11. The van der Waals surface area contributed by atoms with E-state index in [0.717, 1.165) is 10.4 Å². The number of rotatable bonds is 4. The van der Waals surface area contributed by atoms with Crippen molar-refractivity contribution in [2.45, 2.75) is 26.4 Å². The molecule has 0 atom stereocenters. The molecule has 0 unspecified atom stereocenters. The van der Waals surface area contributed by atoms with Gasteiger partial charge in [-0.1, -0.05) is 0 Å². The number of nitrogens with zero attached hydrogens (tertiary/aromatic N) is 2. The summed E-state index contributed by atoms with van der Waals surface area (Å²) >= 11 is 1.42. The molecule has 2 amide bonds. The fourth-order valence-corrected chi connectivity index (χ4v) is 4.06. The van der Waals surface area contributed by atoms with Gasteiger partial charge in [0.15, 0.2) is 0 Å². The Hall–Kier alpha value is -3.33. The number of pyridine rings is 1. The molecule has 2 aromatic heterocycles. The molecule has 154 valence electrons. The number of aromatic nitrogens is 2. The van der Waals surface area contributed by atoms with Gasteiger partial charge in [0.2, 0.25) is 0 Å². The Labute approximate surface area is 175 Å². The van der Waals surface area contributed by atoms with E-state index in [-0.39, 0.29) is 23.8 Å². The minimum absolute atomic E-state index is 0.0849. The second kappa shape index (κ2) is 8.19. The largest absolute Gasteiger partial charge is 0.347 e. The molecular weight excluding hydrogens is 407 g/mol. The van der Waals surface area contributed by atoms with Crippen LogP contribution in [-0.4, -0.2) is 33.2 Å². The summed E-state index contributed by atoms with van der Waals surface area (Å²) in [6.07, 6.45) is 3.60. The molecule has 3 aromatic rings. The maximum atomic E-state index is 13.5. The molecule has 0 saturated carbocycles. The average Bonchev–Trinajstić information content (AvgIpc) is 3.27. The van der Waals surface area contributed by atoms with Crippen LogP contribution in [0.2, 0.25) is 0 Å². The molecule has 0 saturated heterocycles. The van der Waals surface area contributed by atoms with Crippen molar-refractivity contribution in [2.75, 3.05) is 6.54 Å². The van der Waals surface area contributed by atoms with Crippen LogP contribution in [0.3, 0.4) is 0 Å². The van der Waals surface area contributed by atoms with Gasteiger partial charge in [-0.2, -0.15) is 0 Å². The Morgan fingerprint density at radius 1 is 1.37 bits per heavy atom. The highest BCUT2D eigenvalue weighted by atomic mass is 32.1. The van der Waals surface area contributed by atoms with Crippen LogP contribution in [0.4, 0.5) is 4.39 Å². The van der Waals surface area contributed by atoms with Gasteiger partial charge >= 0.3 is 0 Å². The highest BCUT2D eigenvalue weighted by Crippen LogP contribution is 2.22. The summed E-state index contributed by atoms with van der Waals surface area (Å²) in [6, 6.07) is 4.27. The van der Waals surface area contributed by atoms with Gasteiger partial charge in [-0.25, -0.2) is 4.39 Å². The number of H-pyrrole nitrogens is 1. The Morgan fingerprint density at radius 2 is 2.20 bits per heavy atom. The molecule has 0 fully saturated rings. The summed E-state index contributed by atoms with van der Waals surface area (Å²) in [4.78, 5) is 47.0. The SMILES string of the molecule is Cc1cc(C(=O)N2CCc3c(c[nH]c(=O)c3C(=O)NCc3cncs3)C2)ccc1F. The van der Waals surface area contributed by atoms with Crippen molar-refractivity contribution in [1.29, 1.82) is 0 Å². The normalized spacial score (nSPS) is 13.1. The van der Waals surface area contributed by atoms with Crippen LogP contribution in [0, 0.1) is 12.7 Å². The number of aromatic amines is 1. The van der Waals surface area contributed by atoms with Gasteiger partial charge in [0, 0.05) is 35.9 Å². The number of aryl methyl sites for hydroxylation is 1. The molecule has 0 radical (unpaired) electrons. The van der Waals surface area contributed by atoms with E-state index in [1.807, 2.05) is 0 Å². The number of hydrogen-bond donors (Lipinski definition) is 2.